The van der Waals surface area contributed by atoms with Gasteiger partial charge in [-0.1, -0.05) is 6.07 Å². The molecule has 0 N–H and O–H groups in total. The lowest BCUT2D eigenvalue weighted by molar-refractivity contribution is 0.202. The molecule has 1 aromatic heterocycles. The minimum Gasteiger partial charge on any atom is -0.496 e. The van der Waals surface area contributed by atoms with E-state index in [4.69, 9.17) is 9.47 Å². The van der Waals surface area contributed by atoms with Crippen molar-refractivity contribution in [2.45, 2.75) is 44.9 Å². The van der Waals surface area contributed by atoms with Crippen LogP contribution in [0.15, 0.2) is 23.6 Å². The second-order valence-corrected chi connectivity index (χ2v) is 7.52. The molecule has 0 amide bonds. The molecule has 0 radical (unpaired) electrons. The highest BCUT2D eigenvalue weighted by molar-refractivity contribution is 7.09. The minimum absolute atomic E-state index is 0.489. The fourth-order valence-corrected chi connectivity index (χ4v) is 3.62. The SMILES string of the molecule is COc1ccc(CCC(C)(C)F)cc1C1(c2nc(C)cs2)CO1. The van der Waals surface area contributed by atoms with Gasteiger partial charge in [-0.3, -0.25) is 0 Å². The summed E-state index contributed by atoms with van der Waals surface area (Å²) < 4.78 is 25.1. The van der Waals surface area contributed by atoms with Crippen LogP contribution in [-0.4, -0.2) is 24.4 Å². The fourth-order valence-electron chi connectivity index (χ4n) is 2.67. The number of thiazole rings is 1. The van der Waals surface area contributed by atoms with E-state index < -0.39 is 11.3 Å². The molecule has 1 unspecified atom stereocenters. The molecule has 1 saturated heterocycles. The van der Waals surface area contributed by atoms with Crippen LogP contribution in [0.1, 0.15) is 42.1 Å². The maximum Gasteiger partial charge on any atom is 0.171 e. The zero-order chi connectivity index (χ0) is 16.7. The van der Waals surface area contributed by atoms with Crippen LogP contribution in [0.2, 0.25) is 0 Å². The summed E-state index contributed by atoms with van der Waals surface area (Å²) >= 11 is 1.60. The average molecular weight is 335 g/mol. The maximum absolute atomic E-state index is 13.8. The highest BCUT2D eigenvalue weighted by Gasteiger charge is 2.52. The van der Waals surface area contributed by atoms with Crippen LogP contribution in [0, 0.1) is 6.92 Å². The molecule has 2 heterocycles. The predicted molar refractivity (Wildman–Crippen MR) is 90.1 cm³/mol. The lowest BCUT2D eigenvalue weighted by Gasteiger charge is -2.17. The Morgan fingerprint density at radius 3 is 2.70 bits per heavy atom. The van der Waals surface area contributed by atoms with Gasteiger partial charge in [0.2, 0.25) is 0 Å². The van der Waals surface area contributed by atoms with Crippen molar-refractivity contribution in [2.75, 3.05) is 13.7 Å². The maximum atomic E-state index is 13.8. The van der Waals surface area contributed by atoms with Gasteiger partial charge in [0.15, 0.2) is 5.60 Å². The Kier molecular flexibility index (Phi) is 4.19. The van der Waals surface area contributed by atoms with E-state index in [1.54, 1.807) is 32.3 Å². The van der Waals surface area contributed by atoms with E-state index in [0.717, 1.165) is 27.6 Å². The van der Waals surface area contributed by atoms with Gasteiger partial charge >= 0.3 is 0 Å². The van der Waals surface area contributed by atoms with Crippen molar-refractivity contribution in [3.05, 3.63) is 45.4 Å². The summed E-state index contributed by atoms with van der Waals surface area (Å²) in [5, 5.41) is 2.98. The van der Waals surface area contributed by atoms with E-state index in [0.29, 0.717) is 19.4 Å². The van der Waals surface area contributed by atoms with Gasteiger partial charge in [-0.15, -0.1) is 11.3 Å². The number of aryl methyl sites for hydroxylation is 2. The van der Waals surface area contributed by atoms with Gasteiger partial charge in [0, 0.05) is 16.6 Å². The summed E-state index contributed by atoms with van der Waals surface area (Å²) in [6.07, 6.45) is 1.18. The minimum atomic E-state index is -1.17. The van der Waals surface area contributed by atoms with E-state index in [9.17, 15) is 4.39 Å². The molecule has 1 aliphatic rings. The molecule has 1 fully saturated rings. The third-order valence-corrected chi connectivity index (χ3v) is 5.21. The van der Waals surface area contributed by atoms with Crippen molar-refractivity contribution in [1.29, 1.82) is 0 Å². The number of benzene rings is 1. The summed E-state index contributed by atoms with van der Waals surface area (Å²) in [5.74, 6) is 0.790. The van der Waals surface area contributed by atoms with Gasteiger partial charge in [0.25, 0.3) is 0 Å². The molecular weight excluding hydrogens is 313 g/mol. The van der Waals surface area contributed by atoms with E-state index in [1.807, 2.05) is 24.4 Å². The summed E-state index contributed by atoms with van der Waals surface area (Å²) in [6.45, 7) is 5.81. The number of hydrogen-bond donors (Lipinski definition) is 0. The third kappa shape index (κ3) is 3.40. The second-order valence-electron chi connectivity index (χ2n) is 6.66. The number of hydrogen-bond acceptors (Lipinski definition) is 4. The Balaban J connectivity index is 1.94. The molecular formula is C18H22FNO2S. The quantitative estimate of drug-likeness (QED) is 0.733. The molecule has 23 heavy (non-hydrogen) atoms. The number of rotatable bonds is 6. The Bertz CT molecular complexity index is 701. The molecule has 1 aliphatic heterocycles. The van der Waals surface area contributed by atoms with Crippen LogP contribution >= 0.6 is 11.3 Å². The van der Waals surface area contributed by atoms with Crippen LogP contribution < -0.4 is 4.74 Å². The molecule has 124 valence electrons. The first-order chi connectivity index (χ1) is 10.8. The molecule has 3 nitrogen and oxygen atoms in total. The molecule has 3 rings (SSSR count). The zero-order valence-electron chi connectivity index (χ0n) is 14.0. The summed E-state index contributed by atoms with van der Waals surface area (Å²) in [5.41, 5.74) is 1.42. The normalized spacial score (nSPS) is 20.6. The van der Waals surface area contributed by atoms with Gasteiger partial charge in [0.1, 0.15) is 16.4 Å². The first kappa shape index (κ1) is 16.4. The highest BCUT2D eigenvalue weighted by Crippen LogP contribution is 2.49. The van der Waals surface area contributed by atoms with Crippen molar-refractivity contribution in [3.8, 4) is 5.75 Å². The molecule has 1 aromatic carbocycles. The number of halogens is 1. The Morgan fingerprint density at radius 2 is 2.17 bits per heavy atom. The standard InChI is InChI=1S/C18H22FNO2S/c1-12-10-23-16(20-12)18(11-22-18)14-9-13(5-6-15(14)21-4)7-8-17(2,3)19/h5-6,9-10H,7-8,11H2,1-4H3. The number of epoxide rings is 1. The number of aromatic nitrogens is 1. The van der Waals surface area contributed by atoms with E-state index in [2.05, 4.69) is 11.1 Å². The van der Waals surface area contributed by atoms with Gasteiger partial charge in [-0.25, -0.2) is 9.37 Å². The molecule has 1 atom stereocenters. The molecule has 0 saturated carbocycles. The number of ether oxygens (including phenoxy) is 2. The van der Waals surface area contributed by atoms with Crippen LogP contribution in [0.5, 0.6) is 5.75 Å². The van der Waals surface area contributed by atoms with Gasteiger partial charge < -0.3 is 9.47 Å². The lowest BCUT2D eigenvalue weighted by Crippen LogP contribution is -2.15. The van der Waals surface area contributed by atoms with E-state index in [-0.39, 0.29) is 0 Å². The van der Waals surface area contributed by atoms with E-state index >= 15 is 0 Å². The third-order valence-electron chi connectivity index (χ3n) is 4.10. The van der Waals surface area contributed by atoms with Gasteiger partial charge in [-0.2, -0.15) is 0 Å². The Labute approximate surface area is 140 Å². The first-order valence-corrected chi connectivity index (χ1v) is 8.65. The molecule has 5 heteroatoms. The summed E-state index contributed by atoms with van der Waals surface area (Å²) in [6, 6.07) is 6.02. The zero-order valence-corrected chi connectivity index (χ0v) is 14.8. The van der Waals surface area contributed by atoms with Gasteiger partial charge in [-0.05, 0) is 51.3 Å². The number of alkyl halides is 1. The van der Waals surface area contributed by atoms with Crippen molar-refractivity contribution in [2.24, 2.45) is 0 Å². The molecule has 0 spiro atoms. The smallest absolute Gasteiger partial charge is 0.171 e. The Morgan fingerprint density at radius 1 is 1.43 bits per heavy atom. The van der Waals surface area contributed by atoms with Crippen molar-refractivity contribution < 1.29 is 13.9 Å². The van der Waals surface area contributed by atoms with Crippen LogP contribution in [0.4, 0.5) is 4.39 Å². The highest BCUT2D eigenvalue weighted by atomic mass is 32.1. The van der Waals surface area contributed by atoms with Crippen molar-refractivity contribution >= 4 is 11.3 Å². The number of methoxy groups -OCH3 is 1. The van der Waals surface area contributed by atoms with Crippen molar-refractivity contribution in [3.63, 3.8) is 0 Å². The summed E-state index contributed by atoms with van der Waals surface area (Å²) in [4.78, 5) is 4.59. The van der Waals surface area contributed by atoms with Crippen LogP contribution in [0.25, 0.3) is 0 Å². The second kappa shape index (κ2) is 5.87. The average Bonchev–Trinajstić information content (AvgIpc) is 3.20. The molecule has 2 aromatic rings. The summed E-state index contributed by atoms with van der Waals surface area (Å²) in [7, 11) is 1.66. The fraction of sp³-hybridized carbons (Fsp3) is 0.500. The van der Waals surface area contributed by atoms with Crippen LogP contribution in [0.3, 0.4) is 0 Å². The van der Waals surface area contributed by atoms with Gasteiger partial charge in [0.05, 0.1) is 13.7 Å². The first-order valence-electron chi connectivity index (χ1n) is 7.77. The Hall–Kier alpha value is -1.46. The van der Waals surface area contributed by atoms with E-state index in [1.165, 1.54) is 0 Å². The molecule has 0 aliphatic carbocycles. The largest absolute Gasteiger partial charge is 0.496 e. The topological polar surface area (TPSA) is 34.6 Å². The number of nitrogens with zero attached hydrogens (tertiary/aromatic N) is 1. The van der Waals surface area contributed by atoms with Crippen LogP contribution in [-0.2, 0) is 16.8 Å². The lowest BCUT2D eigenvalue weighted by atomic mass is 9.94. The molecule has 0 bridgehead atoms. The monoisotopic (exact) mass is 335 g/mol. The predicted octanol–water partition coefficient (Wildman–Crippen LogP) is 4.41. The van der Waals surface area contributed by atoms with Crippen molar-refractivity contribution in [1.82, 2.24) is 4.98 Å².